The molecule has 0 radical (unpaired) electrons. The second kappa shape index (κ2) is 9.61. The van der Waals surface area contributed by atoms with Crippen LogP contribution in [0.1, 0.15) is 25.0 Å². The van der Waals surface area contributed by atoms with Crippen LogP contribution in [0.15, 0.2) is 48.5 Å². The van der Waals surface area contributed by atoms with Gasteiger partial charge in [0.05, 0.1) is 13.2 Å². The number of hydrogen-bond donors (Lipinski definition) is 1. The maximum Gasteiger partial charge on any atom is 0.244 e. The van der Waals surface area contributed by atoms with Gasteiger partial charge in [-0.1, -0.05) is 18.2 Å². The highest BCUT2D eigenvalue weighted by Crippen LogP contribution is 2.29. The molecule has 138 valence electrons. The molecule has 0 aliphatic heterocycles. The standard InChI is InChI=1S/C21H24FNO3/c1-15(2)26-19-10-6-17(14-20(19)25-3)7-11-21(24)23-13-12-16-4-8-18(22)9-5-16/h4-11,14-15H,12-13H2,1-3H3,(H,23,24). The van der Waals surface area contributed by atoms with E-state index in [1.165, 1.54) is 18.2 Å². The average Bonchev–Trinajstić information content (AvgIpc) is 2.62. The van der Waals surface area contributed by atoms with Gasteiger partial charge in [-0.3, -0.25) is 4.79 Å². The van der Waals surface area contributed by atoms with E-state index in [4.69, 9.17) is 9.47 Å². The van der Waals surface area contributed by atoms with Crippen molar-refractivity contribution >= 4 is 12.0 Å². The topological polar surface area (TPSA) is 47.6 Å². The number of rotatable bonds is 8. The predicted molar refractivity (Wildman–Crippen MR) is 101 cm³/mol. The van der Waals surface area contributed by atoms with Crippen LogP contribution in [-0.2, 0) is 11.2 Å². The Labute approximate surface area is 153 Å². The van der Waals surface area contributed by atoms with Crippen LogP contribution >= 0.6 is 0 Å². The van der Waals surface area contributed by atoms with Crippen molar-refractivity contribution in [2.75, 3.05) is 13.7 Å². The molecule has 0 heterocycles. The van der Waals surface area contributed by atoms with E-state index in [1.807, 2.05) is 32.0 Å². The van der Waals surface area contributed by atoms with E-state index in [9.17, 15) is 9.18 Å². The fourth-order valence-electron chi connectivity index (χ4n) is 2.35. The van der Waals surface area contributed by atoms with Gasteiger partial charge >= 0.3 is 0 Å². The lowest BCUT2D eigenvalue weighted by molar-refractivity contribution is -0.116. The van der Waals surface area contributed by atoms with Crippen LogP contribution in [0, 0.1) is 5.82 Å². The minimum atomic E-state index is -0.263. The smallest absolute Gasteiger partial charge is 0.244 e. The molecule has 0 spiro atoms. The Morgan fingerprint density at radius 1 is 1.15 bits per heavy atom. The molecule has 1 N–H and O–H groups in total. The third kappa shape index (κ3) is 6.24. The zero-order valence-electron chi connectivity index (χ0n) is 15.3. The highest BCUT2D eigenvalue weighted by Gasteiger charge is 2.06. The summed E-state index contributed by atoms with van der Waals surface area (Å²) in [5, 5.41) is 2.81. The van der Waals surface area contributed by atoms with Gasteiger partial charge in [0, 0.05) is 12.6 Å². The SMILES string of the molecule is COc1cc(C=CC(=O)NCCc2ccc(F)cc2)ccc1OC(C)C. The molecule has 0 aromatic heterocycles. The van der Waals surface area contributed by atoms with Crippen molar-refractivity contribution in [3.05, 3.63) is 65.5 Å². The lowest BCUT2D eigenvalue weighted by Gasteiger charge is -2.13. The van der Waals surface area contributed by atoms with Crippen LogP contribution < -0.4 is 14.8 Å². The summed E-state index contributed by atoms with van der Waals surface area (Å²) >= 11 is 0. The van der Waals surface area contributed by atoms with Crippen LogP contribution in [0.5, 0.6) is 11.5 Å². The number of carbonyl (C=O) groups is 1. The maximum atomic E-state index is 12.8. The van der Waals surface area contributed by atoms with Crippen LogP contribution in [0.2, 0.25) is 0 Å². The van der Waals surface area contributed by atoms with Crippen LogP contribution in [0.25, 0.3) is 6.08 Å². The van der Waals surface area contributed by atoms with Crippen molar-refractivity contribution in [1.82, 2.24) is 5.32 Å². The molecule has 26 heavy (non-hydrogen) atoms. The van der Waals surface area contributed by atoms with Gasteiger partial charge in [-0.25, -0.2) is 4.39 Å². The van der Waals surface area contributed by atoms with Crippen LogP contribution in [0.4, 0.5) is 4.39 Å². The number of hydrogen-bond acceptors (Lipinski definition) is 3. The number of halogens is 1. The van der Waals surface area contributed by atoms with Gasteiger partial charge in [0.25, 0.3) is 0 Å². The molecule has 0 aliphatic rings. The van der Waals surface area contributed by atoms with Crippen molar-refractivity contribution in [3.63, 3.8) is 0 Å². The summed E-state index contributed by atoms with van der Waals surface area (Å²) < 4.78 is 23.8. The molecule has 0 fully saturated rings. The predicted octanol–water partition coefficient (Wildman–Crippen LogP) is 3.99. The Balaban J connectivity index is 1.87. The van der Waals surface area contributed by atoms with E-state index >= 15 is 0 Å². The zero-order valence-corrected chi connectivity index (χ0v) is 15.3. The highest BCUT2D eigenvalue weighted by molar-refractivity contribution is 5.91. The largest absolute Gasteiger partial charge is 0.493 e. The van der Waals surface area contributed by atoms with E-state index in [-0.39, 0.29) is 17.8 Å². The quantitative estimate of drug-likeness (QED) is 0.727. The zero-order chi connectivity index (χ0) is 18.9. The Bertz CT molecular complexity index is 754. The Morgan fingerprint density at radius 3 is 2.54 bits per heavy atom. The Kier molecular flexibility index (Phi) is 7.21. The van der Waals surface area contributed by atoms with E-state index in [0.29, 0.717) is 24.5 Å². The van der Waals surface area contributed by atoms with E-state index in [1.54, 1.807) is 25.3 Å². The number of methoxy groups -OCH3 is 1. The van der Waals surface area contributed by atoms with Gasteiger partial charge in [-0.2, -0.15) is 0 Å². The average molecular weight is 357 g/mol. The molecule has 5 heteroatoms. The maximum absolute atomic E-state index is 12.8. The molecule has 0 unspecified atom stereocenters. The molecule has 2 aromatic carbocycles. The van der Waals surface area contributed by atoms with E-state index in [2.05, 4.69) is 5.32 Å². The summed E-state index contributed by atoms with van der Waals surface area (Å²) in [6.45, 7) is 4.38. The monoisotopic (exact) mass is 357 g/mol. The van der Waals surface area contributed by atoms with Gasteiger partial charge in [0.2, 0.25) is 5.91 Å². The first-order valence-electron chi connectivity index (χ1n) is 8.53. The lowest BCUT2D eigenvalue weighted by Crippen LogP contribution is -2.23. The molecule has 0 atom stereocenters. The molecule has 0 saturated heterocycles. The van der Waals surface area contributed by atoms with Crippen molar-refractivity contribution in [2.24, 2.45) is 0 Å². The molecule has 1 amide bonds. The third-order valence-electron chi connectivity index (χ3n) is 3.60. The number of benzene rings is 2. The Hall–Kier alpha value is -2.82. The second-order valence-corrected chi connectivity index (χ2v) is 6.08. The van der Waals surface area contributed by atoms with Crippen molar-refractivity contribution in [3.8, 4) is 11.5 Å². The molecule has 0 bridgehead atoms. The number of ether oxygens (including phenoxy) is 2. The lowest BCUT2D eigenvalue weighted by atomic mass is 10.1. The summed E-state index contributed by atoms with van der Waals surface area (Å²) in [5.41, 5.74) is 1.81. The number of amides is 1. The summed E-state index contributed by atoms with van der Waals surface area (Å²) in [4.78, 5) is 11.9. The first-order chi connectivity index (χ1) is 12.5. The minimum Gasteiger partial charge on any atom is -0.493 e. The van der Waals surface area contributed by atoms with Gasteiger partial charge in [-0.15, -0.1) is 0 Å². The molecule has 2 rings (SSSR count). The van der Waals surface area contributed by atoms with Crippen LogP contribution in [-0.4, -0.2) is 25.7 Å². The molecule has 4 nitrogen and oxygen atoms in total. The normalized spacial score (nSPS) is 11.0. The Morgan fingerprint density at radius 2 is 1.88 bits per heavy atom. The summed E-state index contributed by atoms with van der Waals surface area (Å²) in [5.74, 6) is 0.843. The van der Waals surface area contributed by atoms with Crippen molar-refractivity contribution in [1.29, 1.82) is 0 Å². The summed E-state index contributed by atoms with van der Waals surface area (Å²) in [6, 6.07) is 11.8. The molecule has 0 saturated carbocycles. The van der Waals surface area contributed by atoms with Gasteiger partial charge in [-0.05, 0) is 61.7 Å². The molecule has 2 aromatic rings. The third-order valence-corrected chi connectivity index (χ3v) is 3.60. The molecule has 0 aliphatic carbocycles. The van der Waals surface area contributed by atoms with E-state index in [0.717, 1.165) is 11.1 Å². The highest BCUT2D eigenvalue weighted by atomic mass is 19.1. The number of carbonyl (C=O) groups excluding carboxylic acids is 1. The second-order valence-electron chi connectivity index (χ2n) is 6.08. The van der Waals surface area contributed by atoms with Crippen LogP contribution in [0.3, 0.4) is 0 Å². The number of nitrogens with one attached hydrogen (secondary N) is 1. The fourth-order valence-corrected chi connectivity index (χ4v) is 2.35. The van der Waals surface area contributed by atoms with Crippen molar-refractivity contribution in [2.45, 2.75) is 26.4 Å². The van der Waals surface area contributed by atoms with Gasteiger partial charge < -0.3 is 14.8 Å². The summed E-state index contributed by atoms with van der Waals surface area (Å²) in [7, 11) is 1.58. The van der Waals surface area contributed by atoms with Gasteiger partial charge in [0.1, 0.15) is 5.82 Å². The van der Waals surface area contributed by atoms with Crippen molar-refractivity contribution < 1.29 is 18.7 Å². The summed E-state index contributed by atoms with van der Waals surface area (Å²) in [6.07, 6.45) is 3.89. The first kappa shape index (κ1) is 19.5. The van der Waals surface area contributed by atoms with E-state index < -0.39 is 0 Å². The first-order valence-corrected chi connectivity index (χ1v) is 8.53. The minimum absolute atomic E-state index is 0.0529. The fraction of sp³-hybridized carbons (Fsp3) is 0.286. The molecular formula is C21H24FNO3. The van der Waals surface area contributed by atoms with Gasteiger partial charge in [0.15, 0.2) is 11.5 Å². The molecular weight excluding hydrogens is 333 g/mol.